The van der Waals surface area contributed by atoms with Gasteiger partial charge in [0.15, 0.2) is 5.82 Å². The summed E-state index contributed by atoms with van der Waals surface area (Å²) >= 11 is 0. The van der Waals surface area contributed by atoms with Crippen molar-refractivity contribution in [3.63, 3.8) is 0 Å². The number of nitrogens with zero attached hydrogens (tertiary/aromatic N) is 1. The summed E-state index contributed by atoms with van der Waals surface area (Å²) in [6.07, 6.45) is 7.14. The van der Waals surface area contributed by atoms with Crippen LogP contribution in [0.15, 0.2) is 9.32 Å². The van der Waals surface area contributed by atoms with Gasteiger partial charge in [0.05, 0.1) is 18.3 Å². The topological polar surface area (TPSA) is 120 Å². The average Bonchev–Trinajstić information content (AvgIpc) is 3.32. The molecule has 7 nitrogen and oxygen atoms in total. The lowest BCUT2D eigenvalue weighted by Gasteiger charge is -2.64. The molecule has 0 aromatic carbocycles. The van der Waals surface area contributed by atoms with Crippen LogP contribution in [0.3, 0.4) is 0 Å². The van der Waals surface area contributed by atoms with E-state index in [0.717, 1.165) is 51.4 Å². The van der Waals surface area contributed by atoms with Crippen molar-refractivity contribution in [3.8, 4) is 0 Å². The first-order valence-electron chi connectivity index (χ1n) is 13.7. The van der Waals surface area contributed by atoms with E-state index < -0.39 is 5.76 Å². The Balaban J connectivity index is 1.41. The molecule has 4 fully saturated rings. The standard InChI is InChI=1S/C27H44N2O5/c1-5-16-18-12-15(30)8-10-26(18,3)17-9-11-27(4)19(22(17)24(16)32)13-20(31)23(27)14(2)6-7-21-28-25(33)34-29-21/h14-20,22-24,30-32H,5-13H2,1-4H3,(H,28,29,33)/t14-,15-,16-,17?,18+,19?,20+,22?,23+,24?,26-,27+/m1/s1. The molecule has 1 aromatic heterocycles. The van der Waals surface area contributed by atoms with Crippen molar-refractivity contribution < 1.29 is 19.8 Å². The van der Waals surface area contributed by atoms with E-state index in [-0.39, 0.29) is 52.8 Å². The third-order valence-corrected chi connectivity index (χ3v) is 11.4. The molecular formula is C27H44N2O5. The van der Waals surface area contributed by atoms with Crippen molar-refractivity contribution in [1.82, 2.24) is 10.1 Å². The van der Waals surface area contributed by atoms with Crippen molar-refractivity contribution in [3.05, 3.63) is 16.4 Å². The van der Waals surface area contributed by atoms with Gasteiger partial charge in [-0.05, 0) is 97.2 Å². The maximum absolute atomic E-state index is 11.8. The number of rotatable bonds is 5. The number of H-pyrrole nitrogens is 1. The zero-order chi connectivity index (χ0) is 24.4. The van der Waals surface area contributed by atoms with Crippen LogP contribution in [0.4, 0.5) is 0 Å². The Bertz CT molecular complexity index is 930. The van der Waals surface area contributed by atoms with Gasteiger partial charge in [0.2, 0.25) is 0 Å². The predicted molar refractivity (Wildman–Crippen MR) is 128 cm³/mol. The second-order valence-corrected chi connectivity index (χ2v) is 12.8. The first-order valence-corrected chi connectivity index (χ1v) is 13.7. The van der Waals surface area contributed by atoms with Crippen molar-refractivity contribution in [1.29, 1.82) is 0 Å². The van der Waals surface area contributed by atoms with Crippen LogP contribution >= 0.6 is 0 Å². The molecule has 4 saturated carbocycles. The molecule has 34 heavy (non-hydrogen) atoms. The maximum Gasteiger partial charge on any atom is 0.438 e. The first kappa shape index (κ1) is 24.5. The minimum Gasteiger partial charge on any atom is -0.393 e. The quantitative estimate of drug-likeness (QED) is 0.516. The number of hydrogen-bond donors (Lipinski definition) is 4. The molecule has 0 aliphatic heterocycles. The highest BCUT2D eigenvalue weighted by Crippen LogP contribution is 2.69. The number of aromatic amines is 1. The highest BCUT2D eigenvalue weighted by atomic mass is 16.5. The van der Waals surface area contributed by atoms with Crippen LogP contribution in [0.1, 0.15) is 84.9 Å². The molecule has 1 aromatic rings. The molecular weight excluding hydrogens is 432 g/mol. The molecule has 0 radical (unpaired) electrons. The van der Waals surface area contributed by atoms with Crippen LogP contribution in [0, 0.1) is 52.3 Å². The summed E-state index contributed by atoms with van der Waals surface area (Å²) in [5.74, 6) is 2.10. The van der Waals surface area contributed by atoms with Gasteiger partial charge >= 0.3 is 5.76 Å². The fourth-order valence-electron chi connectivity index (χ4n) is 9.95. The Morgan fingerprint density at radius 2 is 1.82 bits per heavy atom. The lowest BCUT2D eigenvalue weighted by Crippen LogP contribution is -2.62. The van der Waals surface area contributed by atoms with Gasteiger partial charge in [0, 0.05) is 6.42 Å². The molecule has 0 spiro atoms. The minimum absolute atomic E-state index is 0.00607. The van der Waals surface area contributed by atoms with Gasteiger partial charge in [-0.15, -0.1) is 0 Å². The highest BCUT2D eigenvalue weighted by molar-refractivity contribution is 5.15. The third-order valence-electron chi connectivity index (χ3n) is 11.4. The van der Waals surface area contributed by atoms with Crippen LogP contribution in [0.2, 0.25) is 0 Å². The highest BCUT2D eigenvalue weighted by Gasteiger charge is 2.66. The van der Waals surface area contributed by atoms with Gasteiger partial charge < -0.3 is 15.3 Å². The normalized spacial score (nSPS) is 49.2. The summed E-state index contributed by atoms with van der Waals surface area (Å²) in [5.41, 5.74) is 0.159. The molecule has 4 unspecified atom stereocenters. The van der Waals surface area contributed by atoms with E-state index in [9.17, 15) is 20.1 Å². The summed E-state index contributed by atoms with van der Waals surface area (Å²) in [6, 6.07) is 0. The van der Waals surface area contributed by atoms with E-state index in [0.29, 0.717) is 30.0 Å². The first-order chi connectivity index (χ1) is 16.1. The molecule has 4 aliphatic rings. The van der Waals surface area contributed by atoms with E-state index in [1.54, 1.807) is 0 Å². The van der Waals surface area contributed by atoms with Crippen molar-refractivity contribution >= 4 is 0 Å². The average molecular weight is 477 g/mol. The molecule has 12 atom stereocenters. The van der Waals surface area contributed by atoms with Gasteiger partial charge in [-0.1, -0.05) is 39.3 Å². The predicted octanol–water partition coefficient (Wildman–Crippen LogP) is 3.53. The molecule has 0 saturated heterocycles. The summed E-state index contributed by atoms with van der Waals surface area (Å²) < 4.78 is 4.65. The largest absolute Gasteiger partial charge is 0.438 e. The maximum atomic E-state index is 11.8. The zero-order valence-corrected chi connectivity index (χ0v) is 21.2. The summed E-state index contributed by atoms with van der Waals surface area (Å²) in [4.78, 5) is 13.9. The van der Waals surface area contributed by atoms with Crippen molar-refractivity contribution in [2.45, 2.75) is 104 Å². The monoisotopic (exact) mass is 476 g/mol. The molecule has 7 heteroatoms. The SMILES string of the molecule is CC[C@H]1C(O)C2C3C[C@H](O)[C@H]([C@H](C)CCc4noc(=O)[nH]4)[C@@]3(C)CCC2[C@@]2(C)CC[C@@H](O)C[C@@H]12. The summed E-state index contributed by atoms with van der Waals surface area (Å²) in [5, 5.41) is 37.5. The number of aliphatic hydroxyl groups excluding tert-OH is 3. The molecule has 5 rings (SSSR count). The van der Waals surface area contributed by atoms with E-state index in [2.05, 4.69) is 42.4 Å². The Morgan fingerprint density at radius 1 is 1.09 bits per heavy atom. The van der Waals surface area contributed by atoms with E-state index in [1.165, 1.54) is 0 Å². The van der Waals surface area contributed by atoms with Crippen molar-refractivity contribution in [2.24, 2.45) is 52.3 Å². The van der Waals surface area contributed by atoms with Gasteiger partial charge in [-0.25, -0.2) is 4.79 Å². The van der Waals surface area contributed by atoms with Gasteiger partial charge in [-0.3, -0.25) is 9.51 Å². The number of aryl methyl sites for hydroxylation is 1. The molecule has 4 N–H and O–H groups in total. The molecule has 1 heterocycles. The third kappa shape index (κ3) is 3.64. The van der Waals surface area contributed by atoms with Gasteiger partial charge in [0.25, 0.3) is 0 Å². The number of aromatic nitrogens is 2. The fourth-order valence-corrected chi connectivity index (χ4v) is 9.95. The number of aliphatic hydroxyl groups is 3. The van der Waals surface area contributed by atoms with E-state index >= 15 is 0 Å². The van der Waals surface area contributed by atoms with E-state index in [4.69, 9.17) is 0 Å². The number of hydrogen-bond acceptors (Lipinski definition) is 6. The lowest BCUT2D eigenvalue weighted by atomic mass is 9.41. The molecule has 4 aliphatic carbocycles. The molecule has 192 valence electrons. The lowest BCUT2D eigenvalue weighted by molar-refractivity contribution is -0.203. The Morgan fingerprint density at radius 3 is 2.50 bits per heavy atom. The van der Waals surface area contributed by atoms with E-state index in [1.807, 2.05) is 0 Å². The van der Waals surface area contributed by atoms with Crippen LogP contribution in [-0.4, -0.2) is 43.8 Å². The van der Waals surface area contributed by atoms with Crippen LogP contribution in [-0.2, 0) is 6.42 Å². The van der Waals surface area contributed by atoms with Crippen LogP contribution < -0.4 is 5.76 Å². The van der Waals surface area contributed by atoms with Crippen molar-refractivity contribution in [2.75, 3.05) is 0 Å². The number of nitrogens with one attached hydrogen (secondary N) is 1. The smallest absolute Gasteiger partial charge is 0.393 e. The van der Waals surface area contributed by atoms with Crippen LogP contribution in [0.5, 0.6) is 0 Å². The molecule has 0 amide bonds. The second-order valence-electron chi connectivity index (χ2n) is 12.8. The van der Waals surface area contributed by atoms with Gasteiger partial charge in [0.1, 0.15) is 0 Å². The summed E-state index contributed by atoms with van der Waals surface area (Å²) in [7, 11) is 0. The second kappa shape index (κ2) is 8.74. The minimum atomic E-state index is -0.521. The fraction of sp³-hybridized carbons (Fsp3) is 0.926. The Labute approximate surface area is 202 Å². The van der Waals surface area contributed by atoms with Crippen LogP contribution in [0.25, 0.3) is 0 Å². The summed E-state index contributed by atoms with van der Waals surface area (Å²) in [6.45, 7) is 9.23. The Kier molecular flexibility index (Phi) is 6.30. The molecule has 0 bridgehead atoms. The number of fused-ring (bicyclic) bond motifs is 5. The van der Waals surface area contributed by atoms with Gasteiger partial charge in [-0.2, -0.15) is 0 Å². The zero-order valence-electron chi connectivity index (χ0n) is 21.2. The Hall–Kier alpha value is -1.18.